The van der Waals surface area contributed by atoms with E-state index < -0.39 is 12.1 Å². The Morgan fingerprint density at radius 2 is 0.586 bits per heavy atom. The van der Waals surface area contributed by atoms with Crippen molar-refractivity contribution in [3.8, 4) is 0 Å². The predicted molar refractivity (Wildman–Crippen MR) is 306 cm³/mol. The van der Waals surface area contributed by atoms with Gasteiger partial charge in [0.1, 0.15) is 0 Å². The largest absolute Gasteiger partial charge is 0.466 e. The fourth-order valence-corrected chi connectivity index (χ4v) is 10.5. The molecule has 2 atom stereocenters. The zero-order valence-corrected chi connectivity index (χ0v) is 47.8. The third kappa shape index (κ3) is 56.2. The van der Waals surface area contributed by atoms with E-state index in [0.717, 1.165) is 38.5 Å². The van der Waals surface area contributed by atoms with Gasteiger partial charge in [-0.1, -0.05) is 335 Å². The number of carbonyl (C=O) groups is 2. The predicted octanol–water partition coefficient (Wildman–Crippen LogP) is 20.3. The fraction of sp³-hybridized carbons (Fsp3) is 0.969. The number of aliphatic hydroxyl groups is 2. The molecule has 6 heteroatoms. The summed E-state index contributed by atoms with van der Waals surface area (Å²) in [7, 11) is 0. The van der Waals surface area contributed by atoms with Gasteiger partial charge in [0, 0.05) is 12.8 Å². The van der Waals surface area contributed by atoms with Gasteiger partial charge in [-0.05, 0) is 25.7 Å². The summed E-state index contributed by atoms with van der Waals surface area (Å²) >= 11 is 0. The van der Waals surface area contributed by atoms with Crippen LogP contribution in [0.1, 0.15) is 373 Å². The van der Waals surface area contributed by atoms with E-state index in [-0.39, 0.29) is 18.5 Å². The van der Waals surface area contributed by atoms with Gasteiger partial charge in [0.05, 0.1) is 25.4 Å². The van der Waals surface area contributed by atoms with Crippen molar-refractivity contribution < 1.29 is 24.5 Å². The first-order chi connectivity index (χ1) is 34.5. The first-order valence-corrected chi connectivity index (χ1v) is 32.3. The van der Waals surface area contributed by atoms with Crippen molar-refractivity contribution in [1.82, 2.24) is 5.32 Å². The number of ether oxygens (including phenoxy) is 1. The lowest BCUT2D eigenvalue weighted by molar-refractivity contribution is -0.143. The highest BCUT2D eigenvalue weighted by atomic mass is 16.5. The third-order valence-electron chi connectivity index (χ3n) is 15.4. The Balaban J connectivity index is 3.34. The second kappa shape index (κ2) is 60.4. The second-order valence-corrected chi connectivity index (χ2v) is 22.5. The van der Waals surface area contributed by atoms with Crippen molar-refractivity contribution in [1.29, 1.82) is 0 Å². The van der Waals surface area contributed by atoms with Crippen LogP contribution >= 0.6 is 0 Å². The molecule has 3 N–H and O–H groups in total. The number of esters is 1. The number of amides is 1. The Hall–Kier alpha value is -1.14. The normalized spacial score (nSPS) is 12.5. The van der Waals surface area contributed by atoms with Crippen molar-refractivity contribution in [2.45, 2.75) is 386 Å². The minimum Gasteiger partial charge on any atom is -0.466 e. The van der Waals surface area contributed by atoms with Gasteiger partial charge in [-0.25, -0.2) is 0 Å². The number of nitrogens with one attached hydrogen (secondary N) is 1. The molecule has 1 amide bonds. The molecule has 0 spiro atoms. The number of hydrogen-bond acceptors (Lipinski definition) is 5. The van der Waals surface area contributed by atoms with Gasteiger partial charge in [0.15, 0.2) is 0 Å². The van der Waals surface area contributed by atoms with Crippen molar-refractivity contribution >= 4 is 11.9 Å². The van der Waals surface area contributed by atoms with Crippen molar-refractivity contribution in [2.75, 3.05) is 13.2 Å². The third-order valence-corrected chi connectivity index (χ3v) is 15.4. The molecule has 0 heterocycles. The van der Waals surface area contributed by atoms with Crippen molar-refractivity contribution in [3.05, 3.63) is 0 Å². The van der Waals surface area contributed by atoms with E-state index in [1.54, 1.807) is 0 Å². The topological polar surface area (TPSA) is 95.9 Å². The van der Waals surface area contributed by atoms with E-state index >= 15 is 0 Å². The quantitative estimate of drug-likeness (QED) is 0.0417. The van der Waals surface area contributed by atoms with Crippen molar-refractivity contribution in [3.63, 3.8) is 0 Å². The van der Waals surface area contributed by atoms with Crippen LogP contribution < -0.4 is 5.32 Å². The van der Waals surface area contributed by atoms with Crippen LogP contribution in [-0.4, -0.2) is 47.4 Å². The van der Waals surface area contributed by atoms with E-state index in [9.17, 15) is 19.8 Å². The van der Waals surface area contributed by atoms with E-state index in [4.69, 9.17) is 4.74 Å². The van der Waals surface area contributed by atoms with E-state index in [0.29, 0.717) is 25.9 Å². The first-order valence-electron chi connectivity index (χ1n) is 32.3. The maximum absolute atomic E-state index is 12.5. The van der Waals surface area contributed by atoms with Gasteiger partial charge in [0.25, 0.3) is 0 Å². The first kappa shape index (κ1) is 68.9. The number of carbonyl (C=O) groups excluding carboxylic acids is 2. The van der Waals surface area contributed by atoms with E-state index in [1.807, 2.05) is 0 Å². The van der Waals surface area contributed by atoms with Crippen LogP contribution in [0.2, 0.25) is 0 Å². The molecule has 2 unspecified atom stereocenters. The highest BCUT2D eigenvalue weighted by Gasteiger charge is 2.20. The van der Waals surface area contributed by atoms with Crippen LogP contribution in [0.4, 0.5) is 0 Å². The maximum atomic E-state index is 12.5. The number of aliphatic hydroxyl groups excluding tert-OH is 2. The van der Waals surface area contributed by atoms with Crippen LogP contribution in [0.3, 0.4) is 0 Å². The van der Waals surface area contributed by atoms with E-state index in [2.05, 4.69) is 19.2 Å². The van der Waals surface area contributed by atoms with Gasteiger partial charge >= 0.3 is 5.97 Å². The zero-order chi connectivity index (χ0) is 50.7. The molecule has 0 aliphatic carbocycles. The Bertz CT molecular complexity index is 1010. The molecular weight excluding hydrogens is 863 g/mol. The van der Waals surface area contributed by atoms with Gasteiger partial charge in [0.2, 0.25) is 5.91 Å². The molecule has 0 bridgehead atoms. The molecule has 0 aromatic heterocycles. The van der Waals surface area contributed by atoms with Crippen LogP contribution in [-0.2, 0) is 14.3 Å². The lowest BCUT2D eigenvalue weighted by atomic mass is 10.0. The molecular formula is C64H127NO5. The van der Waals surface area contributed by atoms with Crippen LogP contribution in [0, 0.1) is 0 Å². The summed E-state index contributed by atoms with van der Waals surface area (Å²) in [6, 6.07) is -0.539. The molecule has 0 rings (SSSR count). The summed E-state index contributed by atoms with van der Waals surface area (Å²) in [5.41, 5.74) is 0. The van der Waals surface area contributed by atoms with Crippen LogP contribution in [0.25, 0.3) is 0 Å². The van der Waals surface area contributed by atoms with Crippen LogP contribution in [0.5, 0.6) is 0 Å². The SMILES string of the molecule is CCCCCCCCCCCCCCCCCC(=O)OCCCCCCCCCCCCCCCCCCCCCCCCCC(=O)NC(CO)C(O)CCCCCCCCCCCCCCCCC. The minimum absolute atomic E-state index is 0.0184. The van der Waals surface area contributed by atoms with Gasteiger partial charge in [-0.3, -0.25) is 9.59 Å². The summed E-state index contributed by atoms with van der Waals surface area (Å²) in [4.78, 5) is 24.6. The highest BCUT2D eigenvalue weighted by Crippen LogP contribution is 2.19. The second-order valence-electron chi connectivity index (χ2n) is 22.5. The molecule has 0 aliphatic rings. The van der Waals surface area contributed by atoms with Gasteiger partial charge in [-0.2, -0.15) is 0 Å². The average Bonchev–Trinajstić information content (AvgIpc) is 3.36. The van der Waals surface area contributed by atoms with Crippen LogP contribution in [0.15, 0.2) is 0 Å². The molecule has 0 aliphatic heterocycles. The Kier molecular flexibility index (Phi) is 59.4. The monoisotopic (exact) mass is 990 g/mol. The van der Waals surface area contributed by atoms with Crippen molar-refractivity contribution in [2.24, 2.45) is 0 Å². The Labute approximate surface area is 438 Å². The maximum Gasteiger partial charge on any atom is 0.305 e. The minimum atomic E-state index is -0.662. The fourth-order valence-electron chi connectivity index (χ4n) is 10.5. The van der Waals surface area contributed by atoms with E-state index in [1.165, 1.54) is 302 Å². The Morgan fingerprint density at radius 3 is 0.871 bits per heavy atom. The standard InChI is InChI=1S/C64H127NO5/c1-3-5-7-9-11-13-15-17-28-32-36-40-44-48-52-56-62(67)61(60-66)65-63(68)57-53-49-45-41-37-33-30-26-24-22-20-19-21-23-25-27-31-35-39-43-47-51-55-59-70-64(69)58-54-50-46-42-38-34-29-18-16-14-12-10-8-6-4-2/h61-62,66-67H,3-60H2,1-2H3,(H,65,68). The summed E-state index contributed by atoms with van der Waals surface area (Å²) in [5.74, 6) is -0.0127. The summed E-state index contributed by atoms with van der Waals surface area (Å²) in [5, 5.41) is 23.3. The summed E-state index contributed by atoms with van der Waals surface area (Å²) < 4.78 is 5.49. The number of unbranched alkanes of at least 4 members (excludes halogenated alkanes) is 50. The summed E-state index contributed by atoms with van der Waals surface area (Å²) in [6.45, 7) is 4.99. The molecule has 0 saturated carbocycles. The average molecular weight is 991 g/mol. The highest BCUT2D eigenvalue weighted by molar-refractivity contribution is 5.76. The molecule has 6 nitrogen and oxygen atoms in total. The molecule has 0 radical (unpaired) electrons. The van der Waals surface area contributed by atoms with Gasteiger partial charge < -0.3 is 20.3 Å². The zero-order valence-electron chi connectivity index (χ0n) is 47.8. The summed E-state index contributed by atoms with van der Waals surface area (Å²) in [6.07, 6.45) is 71.2. The molecule has 70 heavy (non-hydrogen) atoms. The van der Waals surface area contributed by atoms with Gasteiger partial charge in [-0.15, -0.1) is 0 Å². The molecule has 0 fully saturated rings. The number of rotatable bonds is 61. The molecule has 0 saturated heterocycles. The molecule has 0 aromatic rings. The lowest BCUT2D eigenvalue weighted by Crippen LogP contribution is -2.45. The number of hydrogen-bond donors (Lipinski definition) is 3. The Morgan fingerprint density at radius 1 is 0.343 bits per heavy atom. The molecule has 418 valence electrons. The molecule has 0 aromatic carbocycles. The lowest BCUT2D eigenvalue weighted by Gasteiger charge is -2.22. The smallest absolute Gasteiger partial charge is 0.305 e.